The van der Waals surface area contributed by atoms with Gasteiger partial charge in [-0.25, -0.2) is 13.1 Å². The maximum atomic E-state index is 12.4. The van der Waals surface area contributed by atoms with Crippen LogP contribution < -0.4 is 4.72 Å². The van der Waals surface area contributed by atoms with E-state index in [1.807, 2.05) is 0 Å². The Morgan fingerprint density at radius 3 is 2.95 bits per heavy atom. The third kappa shape index (κ3) is 2.88. The van der Waals surface area contributed by atoms with Gasteiger partial charge in [-0.05, 0) is 37.3 Å². The SMILES string of the molecule is O=S(=O)(NCC1CCC(Br)C1)c1cccc2c1N=S=N2. The third-order valence-corrected chi connectivity index (χ3v) is 6.41. The molecule has 0 spiro atoms. The minimum atomic E-state index is -3.52. The van der Waals surface area contributed by atoms with E-state index in [0.717, 1.165) is 30.6 Å². The van der Waals surface area contributed by atoms with Crippen molar-refractivity contribution in [3.8, 4) is 0 Å². The molecule has 1 aromatic rings. The van der Waals surface area contributed by atoms with Crippen LogP contribution in [0.25, 0.3) is 0 Å². The summed E-state index contributed by atoms with van der Waals surface area (Å²) in [5.74, 6) is 0.405. The molecule has 0 amide bonds. The second kappa shape index (κ2) is 5.67. The first-order chi connectivity index (χ1) is 9.56. The highest BCUT2D eigenvalue weighted by atomic mass is 79.9. The lowest BCUT2D eigenvalue weighted by atomic mass is 10.1. The predicted molar refractivity (Wildman–Crippen MR) is 83.2 cm³/mol. The molecule has 8 heteroatoms. The summed E-state index contributed by atoms with van der Waals surface area (Å²) in [4.78, 5) is 0.736. The van der Waals surface area contributed by atoms with E-state index in [4.69, 9.17) is 0 Å². The molecule has 1 aliphatic carbocycles. The van der Waals surface area contributed by atoms with Crippen LogP contribution in [-0.4, -0.2) is 19.8 Å². The molecule has 2 atom stereocenters. The smallest absolute Gasteiger partial charge is 0.211 e. The highest BCUT2D eigenvalue weighted by Crippen LogP contribution is 2.37. The van der Waals surface area contributed by atoms with Gasteiger partial charge in [0.1, 0.15) is 16.3 Å². The summed E-state index contributed by atoms with van der Waals surface area (Å²) in [6, 6.07) is 5.04. The van der Waals surface area contributed by atoms with Crippen molar-refractivity contribution < 1.29 is 8.42 Å². The summed E-state index contributed by atoms with van der Waals surface area (Å²) < 4.78 is 35.7. The van der Waals surface area contributed by atoms with E-state index in [2.05, 4.69) is 29.4 Å². The van der Waals surface area contributed by atoms with Crippen molar-refractivity contribution in [3.05, 3.63) is 18.2 Å². The molecule has 2 aliphatic rings. The van der Waals surface area contributed by atoms with Crippen molar-refractivity contribution >= 4 is 48.7 Å². The quantitative estimate of drug-likeness (QED) is 0.832. The average molecular weight is 376 g/mol. The summed E-state index contributed by atoms with van der Waals surface area (Å²) in [7, 11) is -3.52. The molecule has 1 N–H and O–H groups in total. The molecule has 0 aromatic heterocycles. The molecule has 0 radical (unpaired) electrons. The van der Waals surface area contributed by atoms with E-state index in [-0.39, 0.29) is 4.90 Å². The maximum Gasteiger partial charge on any atom is 0.242 e. The fourth-order valence-electron chi connectivity index (χ4n) is 2.50. The number of fused-ring (bicyclic) bond motifs is 1. The monoisotopic (exact) mass is 375 g/mol. The summed E-state index contributed by atoms with van der Waals surface area (Å²) >= 11 is 4.61. The fourth-order valence-corrected chi connectivity index (χ4v) is 5.18. The van der Waals surface area contributed by atoms with Gasteiger partial charge in [-0.1, -0.05) is 22.0 Å². The van der Waals surface area contributed by atoms with Crippen LogP contribution in [0.4, 0.5) is 11.4 Å². The number of halogens is 1. The van der Waals surface area contributed by atoms with Gasteiger partial charge in [0, 0.05) is 11.4 Å². The first-order valence-electron chi connectivity index (χ1n) is 6.41. The van der Waals surface area contributed by atoms with Crippen LogP contribution in [0.5, 0.6) is 0 Å². The minimum absolute atomic E-state index is 0.220. The van der Waals surface area contributed by atoms with E-state index >= 15 is 0 Å². The van der Waals surface area contributed by atoms with E-state index in [1.54, 1.807) is 18.2 Å². The molecule has 1 aromatic carbocycles. The van der Waals surface area contributed by atoms with Crippen molar-refractivity contribution in [2.75, 3.05) is 6.54 Å². The van der Waals surface area contributed by atoms with E-state index in [1.165, 1.54) is 0 Å². The molecule has 1 fully saturated rings. The van der Waals surface area contributed by atoms with Gasteiger partial charge in [0.2, 0.25) is 10.0 Å². The second-order valence-electron chi connectivity index (χ2n) is 5.02. The molecule has 3 rings (SSSR count). The van der Waals surface area contributed by atoms with E-state index in [0.29, 0.717) is 28.7 Å². The Kier molecular flexibility index (Phi) is 4.07. The summed E-state index contributed by atoms with van der Waals surface area (Å²) in [6.45, 7) is 0.485. The van der Waals surface area contributed by atoms with Crippen LogP contribution >= 0.6 is 15.9 Å². The number of nitrogens with zero attached hydrogens (tertiary/aromatic N) is 2. The summed E-state index contributed by atoms with van der Waals surface area (Å²) in [5, 5.41) is 0. The van der Waals surface area contributed by atoms with Gasteiger partial charge in [-0.3, -0.25) is 0 Å². The highest BCUT2D eigenvalue weighted by molar-refractivity contribution is 9.09. The number of benzene rings is 1. The van der Waals surface area contributed by atoms with Crippen LogP contribution in [0.2, 0.25) is 0 Å². The second-order valence-corrected chi connectivity index (χ2v) is 8.58. The van der Waals surface area contributed by atoms with Gasteiger partial charge >= 0.3 is 0 Å². The Hall–Kier alpha value is -0.570. The van der Waals surface area contributed by atoms with Crippen LogP contribution in [0.1, 0.15) is 19.3 Å². The molecule has 1 aliphatic heterocycles. The first-order valence-corrected chi connectivity index (χ1v) is 9.54. The third-order valence-electron chi connectivity index (χ3n) is 3.58. The van der Waals surface area contributed by atoms with Crippen LogP contribution in [0, 0.1) is 5.92 Å². The number of alkyl halides is 1. The van der Waals surface area contributed by atoms with Gasteiger partial charge in [0.25, 0.3) is 0 Å². The molecule has 0 bridgehead atoms. The lowest BCUT2D eigenvalue weighted by Gasteiger charge is -2.12. The Balaban J connectivity index is 1.76. The molecule has 1 heterocycles. The molecular formula is C12H14BrN3O2S2. The normalized spacial score (nSPS) is 24.6. The molecule has 5 nitrogen and oxygen atoms in total. The molecule has 20 heavy (non-hydrogen) atoms. The lowest BCUT2D eigenvalue weighted by Crippen LogP contribution is -2.28. The zero-order valence-corrected chi connectivity index (χ0v) is 13.8. The standard InChI is InChI=1S/C12H14BrN3O2S2/c13-9-5-4-8(6-9)7-14-20(17,18)11-3-1-2-10-12(11)16-19-15-10/h1-3,8-9,14H,4-7H2. The Morgan fingerprint density at radius 2 is 2.20 bits per heavy atom. The number of hydrogen-bond donors (Lipinski definition) is 1. The van der Waals surface area contributed by atoms with Gasteiger partial charge in [-0.2, -0.15) is 8.73 Å². The predicted octanol–water partition coefficient (Wildman–Crippen LogP) is 3.25. The zero-order valence-electron chi connectivity index (χ0n) is 10.6. The Morgan fingerprint density at radius 1 is 1.35 bits per heavy atom. The van der Waals surface area contributed by atoms with Crippen LogP contribution in [0.15, 0.2) is 31.8 Å². The van der Waals surface area contributed by atoms with Gasteiger partial charge in [-0.15, -0.1) is 0 Å². The van der Waals surface area contributed by atoms with Gasteiger partial charge in [0.05, 0.1) is 11.4 Å². The largest absolute Gasteiger partial charge is 0.242 e. The lowest BCUT2D eigenvalue weighted by molar-refractivity contribution is 0.521. The topological polar surface area (TPSA) is 70.9 Å². The maximum absolute atomic E-state index is 12.4. The zero-order chi connectivity index (χ0) is 14.2. The van der Waals surface area contributed by atoms with Gasteiger partial charge in [0.15, 0.2) is 0 Å². The average Bonchev–Trinajstić information content (AvgIpc) is 3.04. The molecule has 2 unspecified atom stereocenters. The van der Waals surface area contributed by atoms with Crippen molar-refractivity contribution in [2.24, 2.45) is 14.6 Å². The molecular weight excluding hydrogens is 362 g/mol. The van der Waals surface area contributed by atoms with Crippen LogP contribution in [-0.2, 0) is 21.4 Å². The molecule has 0 saturated heterocycles. The Bertz CT molecular complexity index is 699. The highest BCUT2D eigenvalue weighted by Gasteiger charge is 2.26. The van der Waals surface area contributed by atoms with Crippen molar-refractivity contribution in [3.63, 3.8) is 0 Å². The fraction of sp³-hybridized carbons (Fsp3) is 0.500. The number of rotatable bonds is 4. The van der Waals surface area contributed by atoms with Crippen molar-refractivity contribution in [1.82, 2.24) is 4.72 Å². The van der Waals surface area contributed by atoms with E-state index in [9.17, 15) is 8.42 Å². The van der Waals surface area contributed by atoms with E-state index < -0.39 is 10.0 Å². The summed E-state index contributed by atoms with van der Waals surface area (Å²) in [5.41, 5.74) is 1.08. The van der Waals surface area contributed by atoms with Gasteiger partial charge < -0.3 is 0 Å². The van der Waals surface area contributed by atoms with Crippen molar-refractivity contribution in [1.29, 1.82) is 0 Å². The number of nitrogens with one attached hydrogen (secondary N) is 1. The van der Waals surface area contributed by atoms with Crippen LogP contribution in [0.3, 0.4) is 0 Å². The van der Waals surface area contributed by atoms with Crippen molar-refractivity contribution in [2.45, 2.75) is 29.0 Å². The minimum Gasteiger partial charge on any atom is -0.211 e. The number of hydrogen-bond acceptors (Lipinski definition) is 4. The molecule has 1 saturated carbocycles. The Labute approximate surface area is 130 Å². The molecule has 108 valence electrons. The number of sulfonamides is 1. The summed E-state index contributed by atoms with van der Waals surface area (Å²) in [6.07, 6.45) is 3.18. The first kappa shape index (κ1) is 14.4.